The maximum atomic E-state index is 13.3. The van der Waals surface area contributed by atoms with Crippen LogP contribution < -0.4 is 4.74 Å². The van der Waals surface area contributed by atoms with Gasteiger partial charge in [-0.15, -0.1) is 0 Å². The molecule has 2 aromatic carbocycles. The van der Waals surface area contributed by atoms with Crippen LogP contribution in [0.1, 0.15) is 5.56 Å². The van der Waals surface area contributed by atoms with Crippen LogP contribution >= 0.6 is 0 Å². The molecule has 0 aromatic heterocycles. The molecule has 18 heavy (non-hydrogen) atoms. The minimum atomic E-state index is -0.401. The molecule has 0 bridgehead atoms. The average molecular weight is 242 g/mol. The summed E-state index contributed by atoms with van der Waals surface area (Å²) in [5.74, 6) is 5.64. The molecule has 0 fully saturated rings. The first-order valence-electron chi connectivity index (χ1n) is 5.42. The van der Waals surface area contributed by atoms with E-state index in [9.17, 15) is 4.39 Å². The SMILES string of the molecule is OCC#Cc1ccc(Oc2ccccc2F)cc1. The van der Waals surface area contributed by atoms with Gasteiger partial charge in [-0.2, -0.15) is 0 Å². The quantitative estimate of drug-likeness (QED) is 0.820. The maximum Gasteiger partial charge on any atom is 0.165 e. The van der Waals surface area contributed by atoms with E-state index in [2.05, 4.69) is 11.8 Å². The first-order valence-corrected chi connectivity index (χ1v) is 5.42. The molecule has 2 nitrogen and oxygen atoms in total. The third-order valence-corrected chi connectivity index (χ3v) is 2.23. The van der Waals surface area contributed by atoms with Crippen LogP contribution in [0.25, 0.3) is 0 Å². The molecule has 0 saturated carbocycles. The maximum absolute atomic E-state index is 13.3. The Morgan fingerprint density at radius 3 is 2.44 bits per heavy atom. The molecule has 0 saturated heterocycles. The molecule has 90 valence electrons. The largest absolute Gasteiger partial charge is 0.454 e. The summed E-state index contributed by atoms with van der Waals surface area (Å²) in [6.45, 7) is -0.173. The molecule has 0 unspecified atom stereocenters. The smallest absolute Gasteiger partial charge is 0.165 e. The Morgan fingerprint density at radius 2 is 1.78 bits per heavy atom. The molecule has 3 heteroatoms. The van der Waals surface area contributed by atoms with Gasteiger partial charge in [0.2, 0.25) is 0 Å². The van der Waals surface area contributed by atoms with Crippen LogP contribution in [0, 0.1) is 17.7 Å². The Morgan fingerprint density at radius 1 is 1.06 bits per heavy atom. The molecular formula is C15H11FO2. The highest BCUT2D eigenvalue weighted by Gasteiger charge is 2.02. The van der Waals surface area contributed by atoms with Gasteiger partial charge in [0.25, 0.3) is 0 Å². The summed E-state index contributed by atoms with van der Waals surface area (Å²) in [5.41, 5.74) is 0.768. The summed E-state index contributed by atoms with van der Waals surface area (Å²) < 4.78 is 18.7. The van der Waals surface area contributed by atoms with Gasteiger partial charge in [-0.3, -0.25) is 0 Å². The standard InChI is InChI=1S/C15H11FO2/c16-14-5-1-2-6-15(14)18-13-9-7-12(8-10-13)4-3-11-17/h1-2,5-10,17H,11H2. The minimum absolute atomic E-state index is 0.173. The fraction of sp³-hybridized carbons (Fsp3) is 0.0667. The first kappa shape index (κ1) is 12.2. The molecule has 1 N–H and O–H groups in total. The fourth-order valence-electron chi connectivity index (χ4n) is 1.40. The minimum Gasteiger partial charge on any atom is -0.454 e. The topological polar surface area (TPSA) is 29.5 Å². The number of hydrogen-bond donors (Lipinski definition) is 1. The van der Waals surface area contributed by atoms with Crippen molar-refractivity contribution in [2.75, 3.05) is 6.61 Å². The van der Waals surface area contributed by atoms with Gasteiger partial charge >= 0.3 is 0 Å². The average Bonchev–Trinajstić information content (AvgIpc) is 2.41. The van der Waals surface area contributed by atoms with Gasteiger partial charge in [0.1, 0.15) is 12.4 Å². The molecule has 0 atom stereocenters. The molecule has 0 spiro atoms. The van der Waals surface area contributed by atoms with Gasteiger partial charge in [0.15, 0.2) is 11.6 Å². The summed E-state index contributed by atoms with van der Waals surface area (Å²) >= 11 is 0. The van der Waals surface area contributed by atoms with Crippen LogP contribution in [-0.2, 0) is 0 Å². The summed E-state index contributed by atoms with van der Waals surface area (Å²) in [6.07, 6.45) is 0. The van der Waals surface area contributed by atoms with Crippen molar-refractivity contribution >= 4 is 0 Å². The van der Waals surface area contributed by atoms with E-state index in [1.165, 1.54) is 6.07 Å². The summed E-state index contributed by atoms with van der Waals surface area (Å²) in [4.78, 5) is 0. The van der Waals surface area contributed by atoms with E-state index in [1.807, 2.05) is 0 Å². The third-order valence-electron chi connectivity index (χ3n) is 2.23. The third kappa shape index (κ3) is 3.09. The van der Waals surface area contributed by atoms with Gasteiger partial charge in [0, 0.05) is 5.56 Å². The monoisotopic (exact) mass is 242 g/mol. The van der Waals surface area contributed by atoms with Crippen molar-refractivity contribution < 1.29 is 14.2 Å². The van der Waals surface area contributed by atoms with Gasteiger partial charge in [-0.25, -0.2) is 4.39 Å². The first-order chi connectivity index (χ1) is 8.79. The van der Waals surface area contributed by atoms with E-state index in [4.69, 9.17) is 9.84 Å². The number of benzene rings is 2. The summed E-state index contributed by atoms with van der Waals surface area (Å²) in [7, 11) is 0. The van der Waals surface area contributed by atoms with E-state index in [0.717, 1.165) is 5.56 Å². The second-order valence-corrected chi connectivity index (χ2v) is 3.52. The molecule has 0 radical (unpaired) electrons. The second-order valence-electron chi connectivity index (χ2n) is 3.52. The lowest BCUT2D eigenvalue weighted by molar-refractivity contribution is 0.350. The molecule has 0 heterocycles. The molecule has 0 aliphatic carbocycles. The number of para-hydroxylation sites is 1. The lowest BCUT2D eigenvalue weighted by Gasteiger charge is -2.06. The van der Waals surface area contributed by atoms with Crippen molar-refractivity contribution in [2.24, 2.45) is 0 Å². The summed E-state index contributed by atoms with van der Waals surface area (Å²) in [6, 6.07) is 13.1. The highest BCUT2D eigenvalue weighted by atomic mass is 19.1. The second kappa shape index (κ2) is 5.85. The van der Waals surface area contributed by atoms with Gasteiger partial charge in [-0.1, -0.05) is 24.0 Å². The number of rotatable bonds is 2. The Bertz CT molecular complexity index is 579. The number of ether oxygens (including phenoxy) is 1. The van der Waals surface area contributed by atoms with E-state index in [-0.39, 0.29) is 12.4 Å². The normalized spacial score (nSPS) is 9.44. The van der Waals surface area contributed by atoms with Crippen molar-refractivity contribution in [1.29, 1.82) is 0 Å². The molecule has 0 amide bonds. The van der Waals surface area contributed by atoms with Gasteiger partial charge in [0.05, 0.1) is 0 Å². The zero-order chi connectivity index (χ0) is 12.8. The number of hydrogen-bond acceptors (Lipinski definition) is 2. The Hall–Kier alpha value is -2.31. The Kier molecular flexibility index (Phi) is 3.95. The van der Waals surface area contributed by atoms with Crippen molar-refractivity contribution in [3.8, 4) is 23.3 Å². The van der Waals surface area contributed by atoms with Crippen LogP contribution in [0.2, 0.25) is 0 Å². The van der Waals surface area contributed by atoms with E-state index in [1.54, 1.807) is 42.5 Å². The van der Waals surface area contributed by atoms with Crippen LogP contribution in [0.4, 0.5) is 4.39 Å². The molecule has 2 aromatic rings. The highest BCUT2D eigenvalue weighted by Crippen LogP contribution is 2.23. The lowest BCUT2D eigenvalue weighted by atomic mass is 10.2. The summed E-state index contributed by atoms with van der Waals surface area (Å²) in [5, 5.41) is 8.57. The van der Waals surface area contributed by atoms with E-state index < -0.39 is 5.82 Å². The fourth-order valence-corrected chi connectivity index (χ4v) is 1.40. The van der Waals surface area contributed by atoms with Crippen molar-refractivity contribution in [1.82, 2.24) is 0 Å². The number of halogens is 1. The van der Waals surface area contributed by atoms with Crippen molar-refractivity contribution in [3.05, 3.63) is 59.9 Å². The number of aliphatic hydroxyl groups excluding tert-OH is 1. The Balaban J connectivity index is 2.14. The molecule has 0 aliphatic heterocycles. The molecule has 2 rings (SSSR count). The zero-order valence-corrected chi connectivity index (χ0v) is 9.56. The van der Waals surface area contributed by atoms with Crippen LogP contribution in [0.3, 0.4) is 0 Å². The van der Waals surface area contributed by atoms with Gasteiger partial charge in [-0.05, 0) is 36.4 Å². The van der Waals surface area contributed by atoms with Crippen LogP contribution in [0.5, 0.6) is 11.5 Å². The van der Waals surface area contributed by atoms with E-state index >= 15 is 0 Å². The van der Waals surface area contributed by atoms with Crippen molar-refractivity contribution in [2.45, 2.75) is 0 Å². The lowest BCUT2D eigenvalue weighted by Crippen LogP contribution is -1.87. The predicted octanol–water partition coefficient (Wildman–Crippen LogP) is 2.96. The van der Waals surface area contributed by atoms with Crippen molar-refractivity contribution in [3.63, 3.8) is 0 Å². The van der Waals surface area contributed by atoms with Crippen LogP contribution in [-0.4, -0.2) is 11.7 Å². The highest BCUT2D eigenvalue weighted by molar-refractivity contribution is 5.40. The van der Waals surface area contributed by atoms with Gasteiger partial charge < -0.3 is 9.84 Å². The molecule has 0 aliphatic rings. The van der Waals surface area contributed by atoms with Crippen LogP contribution in [0.15, 0.2) is 48.5 Å². The molecular weight excluding hydrogens is 231 g/mol. The zero-order valence-electron chi connectivity index (χ0n) is 9.56. The predicted molar refractivity (Wildman–Crippen MR) is 66.9 cm³/mol. The Labute approximate surface area is 105 Å². The number of aliphatic hydroxyl groups is 1. The van der Waals surface area contributed by atoms with E-state index in [0.29, 0.717) is 5.75 Å².